The molecule has 3 aromatic rings. The molecule has 11 heteroatoms. The Hall–Kier alpha value is -3.73. The first-order valence-corrected chi connectivity index (χ1v) is 17.5. The molecule has 1 heterocycles. The van der Waals surface area contributed by atoms with Gasteiger partial charge in [0.2, 0.25) is 5.91 Å². The minimum absolute atomic E-state index is 0.00645. The van der Waals surface area contributed by atoms with Crippen LogP contribution in [0.3, 0.4) is 0 Å². The Bertz CT molecular complexity index is 1670. The van der Waals surface area contributed by atoms with E-state index in [1.807, 2.05) is 52.0 Å². The first kappa shape index (κ1) is 38.1. The molecule has 0 saturated heterocycles. The number of carbonyl (C=O) groups is 3. The van der Waals surface area contributed by atoms with Crippen LogP contribution in [-0.2, 0) is 39.8 Å². The summed E-state index contributed by atoms with van der Waals surface area (Å²) in [5, 5.41) is 3.48. The number of hydrogen-bond acceptors (Lipinski definition) is 5. The molecule has 5 atom stereocenters. The third kappa shape index (κ3) is 8.71. The summed E-state index contributed by atoms with van der Waals surface area (Å²) < 4.78 is 47.1. The van der Waals surface area contributed by atoms with Crippen molar-refractivity contribution in [2.45, 2.75) is 97.2 Å². The predicted octanol–water partition coefficient (Wildman–Crippen LogP) is 7.70. The number of nitrogens with one attached hydrogen (secondary N) is 2. The van der Waals surface area contributed by atoms with Crippen LogP contribution in [0.4, 0.5) is 13.2 Å². The predicted molar refractivity (Wildman–Crippen MR) is 189 cm³/mol. The van der Waals surface area contributed by atoms with Crippen molar-refractivity contribution in [2.75, 3.05) is 7.11 Å². The van der Waals surface area contributed by atoms with Crippen molar-refractivity contribution in [1.82, 2.24) is 10.3 Å². The summed E-state index contributed by atoms with van der Waals surface area (Å²) >= 11 is 5.36. The normalized spacial score (nSPS) is 18.6. The number of methoxy groups -OCH3 is 1. The highest BCUT2D eigenvalue weighted by molar-refractivity contribution is 7.80. The fourth-order valence-corrected chi connectivity index (χ4v) is 7.29. The van der Waals surface area contributed by atoms with Crippen molar-refractivity contribution >= 4 is 45.6 Å². The Labute approximate surface area is 291 Å². The van der Waals surface area contributed by atoms with E-state index in [4.69, 9.17) is 22.7 Å². The van der Waals surface area contributed by atoms with E-state index in [1.165, 1.54) is 6.07 Å². The first-order valence-electron chi connectivity index (χ1n) is 17.1. The van der Waals surface area contributed by atoms with Gasteiger partial charge in [-0.1, -0.05) is 77.0 Å². The number of thiocarbonyl (C=S) groups is 1. The number of amides is 1. The standard InChI is InChI=1S/C38H48F3N3O4S/c1-6-22(3)28(35(42)49)20-33(46)37(18-17-32-30(21-37)27-9-8-10-31(34(27)43-32)38(39,40)41)44-36(47)29(23(4)7-2)19-25(45)14-11-24-12-15-26(48-5)16-13-24/h8-10,12-13,15-16,22-23,28-29,43H,6-7,11,14,17-21H2,1-5H3,(H2,42,49)(H,44,47)/t22?,23?,28-,29-,37+/m0/s1. The molecule has 2 unspecified atom stereocenters. The number of nitrogens with two attached hydrogens (primary N) is 1. The molecule has 1 amide bonds. The molecular weight excluding hydrogens is 651 g/mol. The van der Waals surface area contributed by atoms with Gasteiger partial charge in [-0.25, -0.2) is 0 Å². The molecule has 49 heavy (non-hydrogen) atoms. The maximum absolute atomic E-state index is 14.5. The number of aromatic nitrogens is 1. The lowest BCUT2D eigenvalue weighted by atomic mass is 9.72. The maximum atomic E-state index is 14.5. The number of alkyl halides is 3. The molecule has 4 N–H and O–H groups in total. The number of benzene rings is 2. The Balaban J connectivity index is 1.66. The second-order valence-electron chi connectivity index (χ2n) is 13.7. The highest BCUT2D eigenvalue weighted by atomic mass is 32.1. The zero-order valence-corrected chi connectivity index (χ0v) is 29.8. The van der Waals surface area contributed by atoms with Gasteiger partial charge in [0, 0.05) is 48.6 Å². The lowest BCUT2D eigenvalue weighted by Gasteiger charge is -2.39. The van der Waals surface area contributed by atoms with Crippen LogP contribution in [0.15, 0.2) is 42.5 Å². The topological polar surface area (TPSA) is 114 Å². The van der Waals surface area contributed by atoms with E-state index < -0.39 is 35.0 Å². The summed E-state index contributed by atoms with van der Waals surface area (Å²) in [7, 11) is 1.59. The largest absolute Gasteiger partial charge is 0.497 e. The Morgan fingerprint density at radius 3 is 2.27 bits per heavy atom. The van der Waals surface area contributed by atoms with Gasteiger partial charge < -0.3 is 20.8 Å². The second kappa shape index (κ2) is 15.9. The number of para-hydroxylation sites is 1. The van der Waals surface area contributed by atoms with Gasteiger partial charge in [-0.2, -0.15) is 13.2 Å². The van der Waals surface area contributed by atoms with Crippen LogP contribution in [-0.4, -0.2) is 40.1 Å². The van der Waals surface area contributed by atoms with Crippen molar-refractivity contribution in [1.29, 1.82) is 0 Å². The summed E-state index contributed by atoms with van der Waals surface area (Å²) in [6.45, 7) is 7.82. The molecule has 7 nitrogen and oxygen atoms in total. The van der Waals surface area contributed by atoms with Gasteiger partial charge in [0.1, 0.15) is 17.1 Å². The van der Waals surface area contributed by atoms with Crippen molar-refractivity contribution in [3.63, 3.8) is 0 Å². The molecule has 1 aliphatic carbocycles. The van der Waals surface area contributed by atoms with Crippen LogP contribution in [0.5, 0.6) is 5.75 Å². The maximum Gasteiger partial charge on any atom is 0.418 e. The molecule has 0 bridgehead atoms. The quantitative estimate of drug-likeness (QED) is 0.132. The van der Waals surface area contributed by atoms with E-state index in [2.05, 4.69) is 10.3 Å². The molecule has 0 radical (unpaired) electrons. The number of ether oxygens (including phenoxy) is 1. The van der Waals surface area contributed by atoms with Gasteiger partial charge >= 0.3 is 6.18 Å². The second-order valence-corrected chi connectivity index (χ2v) is 14.1. The third-order valence-electron chi connectivity index (χ3n) is 10.6. The summed E-state index contributed by atoms with van der Waals surface area (Å²) in [5.41, 5.74) is 6.05. The van der Waals surface area contributed by atoms with E-state index in [0.29, 0.717) is 29.5 Å². The van der Waals surface area contributed by atoms with Crippen LogP contribution in [0.25, 0.3) is 10.9 Å². The SMILES string of the molecule is CCC(C)[C@H](CC(=O)CCc1ccc(OC)cc1)C(=O)N[C@]1(C(=O)C[C@H](C(N)=S)C(C)CC)CCc2[nH]c3c(C(F)(F)F)cccc3c2C1. The molecule has 1 aromatic heterocycles. The smallest absolute Gasteiger partial charge is 0.418 e. The molecule has 0 saturated carbocycles. The zero-order valence-electron chi connectivity index (χ0n) is 29.0. The molecule has 4 rings (SSSR count). The van der Waals surface area contributed by atoms with Crippen LogP contribution in [0.1, 0.15) is 88.6 Å². The van der Waals surface area contributed by atoms with Gasteiger partial charge in [-0.3, -0.25) is 14.4 Å². The molecule has 0 fully saturated rings. The van der Waals surface area contributed by atoms with Crippen molar-refractivity contribution in [2.24, 2.45) is 29.4 Å². The van der Waals surface area contributed by atoms with E-state index in [1.54, 1.807) is 13.2 Å². The lowest BCUT2D eigenvalue weighted by Crippen LogP contribution is -2.60. The van der Waals surface area contributed by atoms with Crippen LogP contribution >= 0.6 is 12.2 Å². The minimum atomic E-state index is -4.57. The Morgan fingerprint density at radius 2 is 1.67 bits per heavy atom. The van der Waals surface area contributed by atoms with Crippen molar-refractivity contribution < 1.29 is 32.3 Å². The average Bonchev–Trinajstić information content (AvgIpc) is 3.45. The third-order valence-corrected chi connectivity index (χ3v) is 10.9. The Morgan fingerprint density at radius 1 is 1.02 bits per heavy atom. The number of rotatable bonds is 16. The lowest BCUT2D eigenvalue weighted by molar-refractivity contribution is -0.137. The number of carbonyl (C=O) groups excluding carboxylic acids is 3. The molecular formula is C38H48F3N3O4S. The van der Waals surface area contributed by atoms with Gasteiger partial charge in [0.25, 0.3) is 0 Å². The summed E-state index contributed by atoms with van der Waals surface area (Å²) in [6, 6.07) is 11.5. The van der Waals surface area contributed by atoms with Crippen LogP contribution in [0.2, 0.25) is 0 Å². The van der Waals surface area contributed by atoms with Gasteiger partial charge in [-0.05, 0) is 60.4 Å². The monoisotopic (exact) mass is 699 g/mol. The van der Waals surface area contributed by atoms with E-state index in [-0.39, 0.29) is 72.4 Å². The minimum Gasteiger partial charge on any atom is -0.497 e. The van der Waals surface area contributed by atoms with Crippen LogP contribution in [0, 0.1) is 23.7 Å². The van der Waals surface area contributed by atoms with E-state index in [0.717, 1.165) is 23.8 Å². The molecule has 0 aliphatic heterocycles. The Kier molecular flexibility index (Phi) is 12.3. The number of ketones is 2. The van der Waals surface area contributed by atoms with Crippen molar-refractivity contribution in [3.8, 4) is 5.75 Å². The number of halogens is 3. The summed E-state index contributed by atoms with van der Waals surface area (Å²) in [4.78, 5) is 45.2. The molecule has 266 valence electrons. The fourth-order valence-electron chi connectivity index (χ4n) is 6.97. The first-order chi connectivity index (χ1) is 23.1. The number of Topliss-reactive ketones (excluding diaryl/α,β-unsaturated/α-hetero) is 2. The van der Waals surface area contributed by atoms with E-state index in [9.17, 15) is 27.6 Å². The van der Waals surface area contributed by atoms with Gasteiger partial charge in [-0.15, -0.1) is 0 Å². The summed E-state index contributed by atoms with van der Waals surface area (Å²) in [6.07, 6.45) is -1.99. The zero-order chi connectivity index (χ0) is 36.1. The molecule has 0 spiro atoms. The number of aromatic amines is 1. The van der Waals surface area contributed by atoms with Crippen LogP contribution < -0.4 is 15.8 Å². The number of H-pyrrole nitrogens is 1. The average molecular weight is 700 g/mol. The van der Waals surface area contributed by atoms with Crippen molar-refractivity contribution in [3.05, 3.63) is 64.8 Å². The van der Waals surface area contributed by atoms with E-state index >= 15 is 0 Å². The number of aryl methyl sites for hydroxylation is 2. The summed E-state index contributed by atoms with van der Waals surface area (Å²) in [5.74, 6) is -1.28. The molecule has 1 aliphatic rings. The van der Waals surface area contributed by atoms with Gasteiger partial charge in [0.15, 0.2) is 5.78 Å². The molecule has 2 aromatic carbocycles. The number of hydrogen-bond donors (Lipinski definition) is 3. The highest BCUT2D eigenvalue weighted by Gasteiger charge is 2.46. The van der Waals surface area contributed by atoms with Gasteiger partial charge in [0.05, 0.1) is 23.2 Å². The highest BCUT2D eigenvalue weighted by Crippen LogP contribution is 2.41. The number of fused-ring (bicyclic) bond motifs is 3. The fraction of sp³-hybridized carbons (Fsp3) is 0.526.